The lowest BCUT2D eigenvalue weighted by Gasteiger charge is -2.12. The fourth-order valence-corrected chi connectivity index (χ4v) is 2.49. The predicted molar refractivity (Wildman–Crippen MR) is 100.0 cm³/mol. The van der Waals surface area contributed by atoms with Gasteiger partial charge in [0.25, 0.3) is 0 Å². The van der Waals surface area contributed by atoms with Crippen LogP contribution in [0.25, 0.3) is 0 Å². The van der Waals surface area contributed by atoms with Gasteiger partial charge in [0, 0.05) is 0 Å². The van der Waals surface area contributed by atoms with E-state index in [4.69, 9.17) is 9.47 Å². The highest BCUT2D eigenvalue weighted by molar-refractivity contribution is 5.93. The Bertz CT molecular complexity index is 894. The Morgan fingerprint density at radius 1 is 0.962 bits per heavy atom. The first kappa shape index (κ1) is 17.4. The molecule has 0 bridgehead atoms. The summed E-state index contributed by atoms with van der Waals surface area (Å²) in [5.41, 5.74) is 1.32. The number of nitrogens with one attached hydrogen (secondary N) is 1. The van der Waals surface area contributed by atoms with Crippen molar-refractivity contribution >= 4 is 11.6 Å². The predicted octanol–water partition coefficient (Wildman–Crippen LogP) is 4.37. The molecule has 0 saturated heterocycles. The molecule has 0 aliphatic rings. The van der Waals surface area contributed by atoms with Crippen LogP contribution in [0.4, 0.5) is 5.69 Å². The first-order valence-electron chi connectivity index (χ1n) is 8.13. The molecule has 3 rings (SSSR count). The molecule has 26 heavy (non-hydrogen) atoms. The fraction of sp³-hybridized carbons (Fsp3) is 0.0952. The quantitative estimate of drug-likeness (QED) is 0.693. The van der Waals surface area contributed by atoms with Gasteiger partial charge in [-0.2, -0.15) is 0 Å². The summed E-state index contributed by atoms with van der Waals surface area (Å²) in [7, 11) is 1.47. The number of methoxy groups -OCH3 is 1. The van der Waals surface area contributed by atoms with Crippen molar-refractivity contribution in [2.75, 3.05) is 12.4 Å². The fourth-order valence-electron chi connectivity index (χ4n) is 2.49. The zero-order valence-electron chi connectivity index (χ0n) is 14.3. The summed E-state index contributed by atoms with van der Waals surface area (Å²) >= 11 is 0. The molecule has 1 amide bonds. The number of carbonyl (C=O) groups is 1. The number of anilines is 1. The molecule has 3 aromatic rings. The second-order valence-corrected chi connectivity index (χ2v) is 5.64. The summed E-state index contributed by atoms with van der Waals surface area (Å²) in [6.45, 7) is 0. The van der Waals surface area contributed by atoms with E-state index in [1.807, 2.05) is 42.5 Å². The lowest BCUT2D eigenvalue weighted by atomic mass is 10.1. The number of benzene rings is 3. The third-order valence-corrected chi connectivity index (χ3v) is 3.74. The van der Waals surface area contributed by atoms with Crippen molar-refractivity contribution < 1.29 is 19.4 Å². The number of hydrogen-bond acceptors (Lipinski definition) is 4. The van der Waals surface area contributed by atoms with Crippen LogP contribution in [-0.4, -0.2) is 18.1 Å². The van der Waals surface area contributed by atoms with Gasteiger partial charge in [-0.05, 0) is 42.0 Å². The Morgan fingerprint density at radius 3 is 2.46 bits per heavy atom. The number of phenolic OH excluding ortho intramolecular Hbond substituents is 1. The Kier molecular flexibility index (Phi) is 5.39. The van der Waals surface area contributed by atoms with E-state index in [0.717, 1.165) is 5.56 Å². The maximum absolute atomic E-state index is 12.4. The highest BCUT2D eigenvalue weighted by Crippen LogP contribution is 2.30. The molecule has 5 nitrogen and oxygen atoms in total. The number of ether oxygens (including phenoxy) is 2. The van der Waals surface area contributed by atoms with E-state index < -0.39 is 0 Å². The van der Waals surface area contributed by atoms with E-state index in [1.54, 1.807) is 24.3 Å². The van der Waals surface area contributed by atoms with Gasteiger partial charge in [-0.1, -0.05) is 36.4 Å². The largest absolute Gasteiger partial charge is 0.504 e. The van der Waals surface area contributed by atoms with Crippen molar-refractivity contribution in [3.63, 3.8) is 0 Å². The van der Waals surface area contributed by atoms with Crippen LogP contribution in [-0.2, 0) is 11.2 Å². The van der Waals surface area contributed by atoms with Crippen LogP contribution in [0.3, 0.4) is 0 Å². The van der Waals surface area contributed by atoms with Gasteiger partial charge in [0.15, 0.2) is 17.2 Å². The Hall–Kier alpha value is -3.47. The Morgan fingerprint density at radius 2 is 1.69 bits per heavy atom. The summed E-state index contributed by atoms with van der Waals surface area (Å²) < 4.78 is 10.9. The van der Waals surface area contributed by atoms with Crippen LogP contribution in [0.15, 0.2) is 72.8 Å². The molecule has 2 N–H and O–H groups in total. The molecule has 0 aliphatic heterocycles. The van der Waals surface area contributed by atoms with Gasteiger partial charge in [0.2, 0.25) is 5.91 Å². The molecule has 0 unspecified atom stereocenters. The SMILES string of the molecule is COc1cc(CC(=O)Nc2ccccc2Oc2ccccc2)ccc1O. The summed E-state index contributed by atoms with van der Waals surface area (Å²) in [5, 5.41) is 12.5. The van der Waals surface area contributed by atoms with E-state index in [-0.39, 0.29) is 18.1 Å². The summed E-state index contributed by atoms with van der Waals surface area (Å²) in [4.78, 5) is 12.4. The third kappa shape index (κ3) is 4.33. The minimum Gasteiger partial charge on any atom is -0.504 e. The van der Waals surface area contributed by atoms with Gasteiger partial charge in [-0.25, -0.2) is 0 Å². The highest BCUT2D eigenvalue weighted by atomic mass is 16.5. The molecule has 0 spiro atoms. The van der Waals surface area contributed by atoms with Crippen molar-refractivity contribution in [2.24, 2.45) is 0 Å². The maximum atomic E-state index is 12.4. The molecule has 5 heteroatoms. The molecule has 0 saturated carbocycles. The van der Waals surface area contributed by atoms with Crippen LogP contribution >= 0.6 is 0 Å². The lowest BCUT2D eigenvalue weighted by molar-refractivity contribution is -0.115. The van der Waals surface area contributed by atoms with Crippen molar-refractivity contribution in [3.05, 3.63) is 78.4 Å². The average Bonchev–Trinajstić information content (AvgIpc) is 2.66. The molecule has 0 aliphatic carbocycles. The number of carbonyl (C=O) groups excluding carboxylic acids is 1. The molecular formula is C21H19NO4. The zero-order chi connectivity index (χ0) is 18.4. The second kappa shape index (κ2) is 8.07. The molecule has 0 atom stereocenters. The molecule has 0 fully saturated rings. The van der Waals surface area contributed by atoms with Crippen LogP contribution < -0.4 is 14.8 Å². The summed E-state index contributed by atoms with van der Waals surface area (Å²) in [5.74, 6) is 1.44. The maximum Gasteiger partial charge on any atom is 0.228 e. The monoisotopic (exact) mass is 349 g/mol. The van der Waals surface area contributed by atoms with Gasteiger partial charge < -0.3 is 19.9 Å². The number of phenols is 1. The van der Waals surface area contributed by atoms with E-state index in [9.17, 15) is 9.90 Å². The van der Waals surface area contributed by atoms with Crippen LogP contribution in [0.2, 0.25) is 0 Å². The van der Waals surface area contributed by atoms with Crippen molar-refractivity contribution in [3.8, 4) is 23.0 Å². The Labute approximate surface area is 151 Å². The van der Waals surface area contributed by atoms with E-state index in [2.05, 4.69) is 5.32 Å². The van der Waals surface area contributed by atoms with Gasteiger partial charge >= 0.3 is 0 Å². The first-order chi connectivity index (χ1) is 12.7. The number of rotatable bonds is 6. The van der Waals surface area contributed by atoms with Gasteiger partial charge in [0.05, 0.1) is 19.2 Å². The molecule has 0 aromatic heterocycles. The molecule has 0 heterocycles. The zero-order valence-corrected chi connectivity index (χ0v) is 14.3. The second-order valence-electron chi connectivity index (χ2n) is 5.64. The van der Waals surface area contributed by atoms with E-state index >= 15 is 0 Å². The standard InChI is InChI=1S/C21H19NO4/c1-25-20-13-15(11-12-18(20)23)14-21(24)22-17-9-5-6-10-19(17)26-16-7-3-2-4-8-16/h2-13,23H,14H2,1H3,(H,22,24). The smallest absolute Gasteiger partial charge is 0.228 e. The van der Waals surface area contributed by atoms with Crippen molar-refractivity contribution in [2.45, 2.75) is 6.42 Å². The van der Waals surface area contributed by atoms with Gasteiger partial charge in [-0.15, -0.1) is 0 Å². The highest BCUT2D eigenvalue weighted by Gasteiger charge is 2.11. The van der Waals surface area contributed by atoms with Crippen LogP contribution in [0, 0.1) is 0 Å². The van der Waals surface area contributed by atoms with Crippen molar-refractivity contribution in [1.82, 2.24) is 0 Å². The van der Waals surface area contributed by atoms with Gasteiger partial charge in [0.1, 0.15) is 5.75 Å². The minimum absolute atomic E-state index is 0.0401. The molecule has 3 aromatic carbocycles. The topological polar surface area (TPSA) is 67.8 Å². The lowest BCUT2D eigenvalue weighted by Crippen LogP contribution is -2.15. The van der Waals surface area contributed by atoms with E-state index in [1.165, 1.54) is 13.2 Å². The average molecular weight is 349 g/mol. The summed E-state index contributed by atoms with van der Waals surface area (Å²) in [6.07, 6.45) is 0.149. The molecular weight excluding hydrogens is 330 g/mol. The first-order valence-corrected chi connectivity index (χ1v) is 8.13. The number of aromatic hydroxyl groups is 1. The third-order valence-electron chi connectivity index (χ3n) is 3.74. The number of hydrogen-bond donors (Lipinski definition) is 2. The molecule has 132 valence electrons. The van der Waals surface area contributed by atoms with Gasteiger partial charge in [-0.3, -0.25) is 4.79 Å². The van der Waals surface area contributed by atoms with E-state index in [0.29, 0.717) is 22.9 Å². The van der Waals surface area contributed by atoms with Crippen molar-refractivity contribution in [1.29, 1.82) is 0 Å². The summed E-state index contributed by atoms with van der Waals surface area (Å²) in [6, 6.07) is 21.5. The normalized spacial score (nSPS) is 10.2. The Balaban J connectivity index is 1.71. The number of para-hydroxylation sites is 3. The van der Waals surface area contributed by atoms with Crippen LogP contribution in [0.5, 0.6) is 23.0 Å². The minimum atomic E-state index is -0.193. The molecule has 0 radical (unpaired) electrons. The number of amides is 1. The van der Waals surface area contributed by atoms with Crippen LogP contribution in [0.1, 0.15) is 5.56 Å².